The number of aryl methyl sites for hydroxylation is 1. The Labute approximate surface area is 116 Å². The van der Waals surface area contributed by atoms with Gasteiger partial charge in [-0.25, -0.2) is 4.79 Å². The Morgan fingerprint density at radius 1 is 1.42 bits per heavy atom. The molecule has 0 bridgehead atoms. The van der Waals surface area contributed by atoms with E-state index in [1.54, 1.807) is 7.05 Å². The molecular formula is C12H9BrN2O4. The third-order valence-electron chi connectivity index (χ3n) is 2.85. The van der Waals surface area contributed by atoms with E-state index in [9.17, 15) is 4.79 Å². The van der Waals surface area contributed by atoms with Crippen molar-refractivity contribution >= 4 is 21.9 Å². The molecule has 1 N–H and O–H groups in total. The van der Waals surface area contributed by atoms with Crippen LogP contribution in [0.1, 0.15) is 10.5 Å². The Kier molecular flexibility index (Phi) is 2.70. The average molecular weight is 325 g/mol. The van der Waals surface area contributed by atoms with Gasteiger partial charge in [0, 0.05) is 12.6 Å². The fourth-order valence-electron chi connectivity index (χ4n) is 1.99. The van der Waals surface area contributed by atoms with Crippen LogP contribution in [0.4, 0.5) is 0 Å². The number of halogens is 1. The zero-order chi connectivity index (χ0) is 13.6. The molecule has 1 aromatic carbocycles. The number of fused-ring (bicyclic) bond motifs is 1. The molecule has 0 aliphatic carbocycles. The molecule has 7 heteroatoms. The highest BCUT2D eigenvalue weighted by Crippen LogP contribution is 2.45. The van der Waals surface area contributed by atoms with Crippen molar-refractivity contribution < 1.29 is 19.4 Å². The summed E-state index contributed by atoms with van der Waals surface area (Å²) in [5, 5.41) is 12.9. The third kappa shape index (κ3) is 1.86. The van der Waals surface area contributed by atoms with Crippen LogP contribution in [0.25, 0.3) is 11.3 Å². The molecule has 2 aromatic rings. The van der Waals surface area contributed by atoms with Crippen LogP contribution in [0.3, 0.4) is 0 Å². The van der Waals surface area contributed by atoms with Gasteiger partial charge in [-0.05, 0) is 34.1 Å². The minimum Gasteiger partial charge on any atom is -0.476 e. The van der Waals surface area contributed by atoms with E-state index in [1.807, 2.05) is 12.1 Å². The molecule has 3 rings (SSSR count). The lowest BCUT2D eigenvalue weighted by Crippen LogP contribution is -1.99. The number of ether oxygens (including phenoxy) is 2. The molecule has 0 amide bonds. The second-order valence-corrected chi connectivity index (χ2v) is 4.86. The molecular weight excluding hydrogens is 316 g/mol. The van der Waals surface area contributed by atoms with E-state index >= 15 is 0 Å². The second kappa shape index (κ2) is 4.27. The van der Waals surface area contributed by atoms with E-state index in [4.69, 9.17) is 14.6 Å². The van der Waals surface area contributed by atoms with Crippen molar-refractivity contribution in [3.8, 4) is 22.8 Å². The van der Waals surface area contributed by atoms with Crippen LogP contribution in [0.2, 0.25) is 0 Å². The largest absolute Gasteiger partial charge is 0.476 e. The lowest BCUT2D eigenvalue weighted by atomic mass is 10.1. The minimum atomic E-state index is -1.06. The number of rotatable bonds is 2. The number of benzene rings is 1. The summed E-state index contributed by atoms with van der Waals surface area (Å²) in [6.45, 7) is 0.147. The Morgan fingerprint density at radius 3 is 2.84 bits per heavy atom. The molecule has 19 heavy (non-hydrogen) atoms. The molecule has 0 saturated heterocycles. The predicted molar refractivity (Wildman–Crippen MR) is 69.4 cm³/mol. The first-order valence-electron chi connectivity index (χ1n) is 5.43. The number of carboxylic acid groups (broad SMARTS) is 1. The van der Waals surface area contributed by atoms with Crippen LogP contribution in [-0.4, -0.2) is 27.6 Å². The first-order valence-corrected chi connectivity index (χ1v) is 6.23. The standard InChI is InChI=1S/C12H9BrN2O4/c1-15-9(4-8(14-15)12(16)17)6-2-3-7(13)11-10(6)18-5-19-11/h2-4H,5H2,1H3,(H,16,17). The minimum absolute atomic E-state index is 0.00640. The molecule has 0 unspecified atom stereocenters. The van der Waals surface area contributed by atoms with Crippen molar-refractivity contribution in [3.63, 3.8) is 0 Å². The highest BCUT2D eigenvalue weighted by molar-refractivity contribution is 9.10. The van der Waals surface area contributed by atoms with Crippen molar-refractivity contribution in [2.75, 3.05) is 6.79 Å². The maximum Gasteiger partial charge on any atom is 0.356 e. The van der Waals surface area contributed by atoms with Gasteiger partial charge in [-0.2, -0.15) is 5.10 Å². The quantitative estimate of drug-likeness (QED) is 0.917. The van der Waals surface area contributed by atoms with Crippen molar-refractivity contribution in [1.82, 2.24) is 9.78 Å². The SMILES string of the molecule is Cn1nc(C(=O)O)cc1-c1ccc(Br)c2c1OCO2. The molecule has 2 heterocycles. The van der Waals surface area contributed by atoms with E-state index in [2.05, 4.69) is 21.0 Å². The van der Waals surface area contributed by atoms with Gasteiger partial charge in [0.2, 0.25) is 6.79 Å². The van der Waals surface area contributed by atoms with Crippen molar-refractivity contribution in [3.05, 3.63) is 28.4 Å². The van der Waals surface area contributed by atoms with Crippen LogP contribution >= 0.6 is 15.9 Å². The smallest absolute Gasteiger partial charge is 0.356 e. The molecule has 0 saturated carbocycles. The number of nitrogens with zero attached hydrogens (tertiary/aromatic N) is 2. The third-order valence-corrected chi connectivity index (χ3v) is 3.47. The molecule has 6 nitrogen and oxygen atoms in total. The van der Waals surface area contributed by atoms with Crippen LogP contribution in [-0.2, 0) is 7.05 Å². The van der Waals surface area contributed by atoms with Gasteiger partial charge in [-0.15, -0.1) is 0 Å². The first-order chi connectivity index (χ1) is 9.08. The van der Waals surface area contributed by atoms with Gasteiger partial charge in [0.25, 0.3) is 0 Å². The van der Waals surface area contributed by atoms with Crippen LogP contribution in [0.15, 0.2) is 22.7 Å². The number of carbonyl (C=O) groups is 1. The summed E-state index contributed by atoms with van der Waals surface area (Å²) in [7, 11) is 1.69. The van der Waals surface area contributed by atoms with Crippen LogP contribution in [0, 0.1) is 0 Å². The molecule has 0 fully saturated rings. The summed E-state index contributed by atoms with van der Waals surface area (Å²) in [6, 6.07) is 5.17. The van der Waals surface area contributed by atoms with Crippen LogP contribution in [0.5, 0.6) is 11.5 Å². The van der Waals surface area contributed by atoms with E-state index in [0.717, 1.165) is 10.0 Å². The summed E-state index contributed by atoms with van der Waals surface area (Å²) < 4.78 is 13.1. The van der Waals surface area contributed by atoms with E-state index in [0.29, 0.717) is 17.2 Å². The lowest BCUT2D eigenvalue weighted by molar-refractivity contribution is 0.0689. The molecule has 0 spiro atoms. The summed E-state index contributed by atoms with van der Waals surface area (Å²) in [6.07, 6.45) is 0. The van der Waals surface area contributed by atoms with Crippen molar-refractivity contribution in [2.24, 2.45) is 7.05 Å². The predicted octanol–water partition coefficient (Wildman–Crippen LogP) is 2.28. The number of carboxylic acids is 1. The Bertz CT molecular complexity index is 681. The van der Waals surface area contributed by atoms with Crippen molar-refractivity contribution in [1.29, 1.82) is 0 Å². The Balaban J connectivity index is 2.18. The number of aromatic nitrogens is 2. The Hall–Kier alpha value is -2.02. The summed E-state index contributed by atoms with van der Waals surface area (Å²) in [5.74, 6) is 0.151. The number of hydrogen-bond donors (Lipinski definition) is 1. The van der Waals surface area contributed by atoms with Gasteiger partial charge >= 0.3 is 5.97 Å². The lowest BCUT2D eigenvalue weighted by Gasteiger charge is -2.07. The van der Waals surface area contributed by atoms with Crippen LogP contribution < -0.4 is 9.47 Å². The van der Waals surface area contributed by atoms with Gasteiger partial charge in [-0.1, -0.05) is 0 Å². The molecule has 0 atom stereocenters. The van der Waals surface area contributed by atoms with Gasteiger partial charge < -0.3 is 14.6 Å². The molecule has 1 aliphatic rings. The topological polar surface area (TPSA) is 73.6 Å². The summed E-state index contributed by atoms with van der Waals surface area (Å²) >= 11 is 3.38. The fraction of sp³-hybridized carbons (Fsp3) is 0.167. The second-order valence-electron chi connectivity index (χ2n) is 4.00. The van der Waals surface area contributed by atoms with Gasteiger partial charge in [-0.3, -0.25) is 4.68 Å². The zero-order valence-corrected chi connectivity index (χ0v) is 11.5. The van der Waals surface area contributed by atoms with E-state index in [-0.39, 0.29) is 12.5 Å². The highest BCUT2D eigenvalue weighted by Gasteiger charge is 2.24. The molecule has 98 valence electrons. The van der Waals surface area contributed by atoms with Gasteiger partial charge in [0.05, 0.1) is 10.2 Å². The molecule has 1 aliphatic heterocycles. The maximum absolute atomic E-state index is 10.9. The summed E-state index contributed by atoms with van der Waals surface area (Å²) in [4.78, 5) is 10.9. The average Bonchev–Trinajstić information content (AvgIpc) is 2.97. The number of aromatic carboxylic acids is 1. The van der Waals surface area contributed by atoms with Crippen molar-refractivity contribution in [2.45, 2.75) is 0 Å². The Morgan fingerprint density at radius 2 is 2.16 bits per heavy atom. The first kappa shape index (κ1) is 12.0. The molecule has 0 radical (unpaired) electrons. The zero-order valence-electron chi connectivity index (χ0n) is 9.88. The summed E-state index contributed by atoms with van der Waals surface area (Å²) in [5.41, 5.74) is 1.40. The number of hydrogen-bond acceptors (Lipinski definition) is 4. The van der Waals surface area contributed by atoms with Gasteiger partial charge in [0.1, 0.15) is 0 Å². The monoisotopic (exact) mass is 324 g/mol. The normalized spacial score (nSPS) is 12.7. The maximum atomic E-state index is 10.9. The fourth-order valence-corrected chi connectivity index (χ4v) is 2.42. The molecule has 1 aromatic heterocycles. The van der Waals surface area contributed by atoms with Gasteiger partial charge in [0.15, 0.2) is 17.2 Å². The highest BCUT2D eigenvalue weighted by atomic mass is 79.9. The van der Waals surface area contributed by atoms with E-state index < -0.39 is 5.97 Å². The van der Waals surface area contributed by atoms with E-state index in [1.165, 1.54) is 10.7 Å².